The van der Waals surface area contributed by atoms with E-state index in [-0.39, 0.29) is 11.4 Å². The summed E-state index contributed by atoms with van der Waals surface area (Å²) in [5, 5.41) is 18.7. The van der Waals surface area contributed by atoms with Crippen molar-refractivity contribution in [2.24, 2.45) is 0 Å². The minimum Gasteiger partial charge on any atom is -0.508 e. The minimum atomic E-state index is -1.05. The number of hydrogen-bond donors (Lipinski definition) is 2. The molecule has 0 saturated heterocycles. The van der Waals surface area contributed by atoms with Gasteiger partial charge in [-0.25, -0.2) is 9.78 Å². The fourth-order valence-corrected chi connectivity index (χ4v) is 2.90. The van der Waals surface area contributed by atoms with Crippen molar-refractivity contribution in [2.45, 2.75) is 38.0 Å². The fourth-order valence-electron chi connectivity index (χ4n) is 2.90. The zero-order chi connectivity index (χ0) is 13.4. The van der Waals surface area contributed by atoms with Crippen LogP contribution >= 0.6 is 0 Å². The molecule has 0 unspecified atom stereocenters. The zero-order valence-corrected chi connectivity index (χ0v) is 10.5. The highest BCUT2D eigenvalue weighted by atomic mass is 16.4. The predicted octanol–water partition coefficient (Wildman–Crippen LogP) is 2.79. The highest BCUT2D eigenvalue weighted by Crippen LogP contribution is 2.33. The molecule has 19 heavy (non-hydrogen) atoms. The summed E-state index contributed by atoms with van der Waals surface area (Å²) in [7, 11) is 0. The van der Waals surface area contributed by atoms with Crippen molar-refractivity contribution in [3.8, 4) is 5.75 Å². The molecule has 1 fully saturated rings. The molecule has 5 heteroatoms. The van der Waals surface area contributed by atoms with Crippen molar-refractivity contribution in [3.05, 3.63) is 29.8 Å². The van der Waals surface area contributed by atoms with Crippen molar-refractivity contribution in [3.63, 3.8) is 0 Å². The Morgan fingerprint density at radius 1 is 1.32 bits per heavy atom. The maximum Gasteiger partial charge on any atom is 0.356 e. The molecule has 0 atom stereocenters. The Labute approximate surface area is 110 Å². The summed E-state index contributed by atoms with van der Waals surface area (Å²) in [5.41, 5.74) is 0.490. The van der Waals surface area contributed by atoms with Crippen LogP contribution in [0.5, 0.6) is 5.75 Å². The summed E-state index contributed by atoms with van der Waals surface area (Å²) in [4.78, 5) is 15.6. The fraction of sp³-hybridized carbons (Fsp3) is 0.429. The number of aromatic nitrogens is 2. The van der Waals surface area contributed by atoms with Gasteiger partial charge < -0.3 is 14.6 Å². The monoisotopic (exact) mass is 260 g/mol. The summed E-state index contributed by atoms with van der Waals surface area (Å²) in [6.07, 6.45) is 7.39. The van der Waals surface area contributed by atoms with Crippen molar-refractivity contribution >= 4 is 11.5 Å². The molecule has 2 aromatic rings. The Balaban J connectivity index is 2.16. The van der Waals surface area contributed by atoms with Crippen LogP contribution < -0.4 is 0 Å². The molecule has 3 rings (SSSR count). The lowest BCUT2D eigenvalue weighted by Crippen LogP contribution is -2.08. The first-order valence-corrected chi connectivity index (χ1v) is 6.61. The molecule has 5 nitrogen and oxygen atoms in total. The van der Waals surface area contributed by atoms with Crippen LogP contribution in [0.1, 0.15) is 54.3 Å². The van der Waals surface area contributed by atoms with Gasteiger partial charge in [0.15, 0.2) is 5.69 Å². The Bertz CT molecular complexity index is 627. The van der Waals surface area contributed by atoms with Crippen LogP contribution in [0.4, 0.5) is 0 Å². The average molecular weight is 260 g/mol. The summed E-state index contributed by atoms with van der Waals surface area (Å²) >= 11 is 0. The van der Waals surface area contributed by atoms with Gasteiger partial charge in [-0.3, -0.25) is 0 Å². The number of carbonyl (C=O) groups is 1. The molecular formula is C14H16N2O3. The Morgan fingerprint density at radius 2 is 2.05 bits per heavy atom. The molecule has 0 amide bonds. The lowest BCUT2D eigenvalue weighted by atomic mass is 9.89. The second kappa shape index (κ2) is 4.57. The van der Waals surface area contributed by atoms with E-state index < -0.39 is 5.97 Å². The largest absolute Gasteiger partial charge is 0.508 e. The number of aromatic hydroxyl groups is 1. The molecule has 1 saturated carbocycles. The molecular weight excluding hydrogens is 244 g/mol. The van der Waals surface area contributed by atoms with Gasteiger partial charge in [-0.1, -0.05) is 19.3 Å². The van der Waals surface area contributed by atoms with E-state index in [1.807, 2.05) is 0 Å². The van der Waals surface area contributed by atoms with E-state index in [0.717, 1.165) is 18.7 Å². The average Bonchev–Trinajstić information content (AvgIpc) is 2.78. The van der Waals surface area contributed by atoms with Crippen LogP contribution in [0.15, 0.2) is 18.3 Å². The summed E-state index contributed by atoms with van der Waals surface area (Å²) < 4.78 is 1.80. The number of imidazole rings is 1. The predicted molar refractivity (Wildman–Crippen MR) is 69.6 cm³/mol. The zero-order valence-electron chi connectivity index (χ0n) is 10.5. The Morgan fingerprint density at radius 3 is 2.74 bits per heavy atom. The molecule has 1 aliphatic carbocycles. The number of aromatic carboxylic acids is 1. The molecule has 2 aromatic heterocycles. The normalized spacial score (nSPS) is 16.8. The number of carboxylic acids is 1. The van der Waals surface area contributed by atoms with E-state index in [2.05, 4.69) is 4.98 Å². The van der Waals surface area contributed by atoms with Crippen molar-refractivity contribution in [1.29, 1.82) is 0 Å². The number of nitrogens with zero attached hydrogens (tertiary/aromatic N) is 2. The molecule has 0 radical (unpaired) electrons. The molecule has 0 bridgehead atoms. The van der Waals surface area contributed by atoms with E-state index in [0.29, 0.717) is 11.4 Å². The molecule has 2 heterocycles. The van der Waals surface area contributed by atoms with Gasteiger partial charge in [0.25, 0.3) is 0 Å². The van der Waals surface area contributed by atoms with E-state index in [4.69, 9.17) is 0 Å². The van der Waals surface area contributed by atoms with E-state index >= 15 is 0 Å². The smallest absolute Gasteiger partial charge is 0.356 e. The van der Waals surface area contributed by atoms with Gasteiger partial charge in [0, 0.05) is 18.2 Å². The van der Waals surface area contributed by atoms with Gasteiger partial charge in [0.2, 0.25) is 0 Å². The summed E-state index contributed by atoms with van der Waals surface area (Å²) in [6.45, 7) is 0. The van der Waals surface area contributed by atoms with Crippen molar-refractivity contribution < 1.29 is 15.0 Å². The van der Waals surface area contributed by atoms with Gasteiger partial charge in [-0.2, -0.15) is 0 Å². The quantitative estimate of drug-likeness (QED) is 0.870. The molecule has 0 spiro atoms. The summed E-state index contributed by atoms with van der Waals surface area (Å²) in [6, 6.07) is 3.02. The highest BCUT2D eigenvalue weighted by Gasteiger charge is 2.24. The van der Waals surface area contributed by atoms with Gasteiger partial charge in [0.05, 0.1) is 5.52 Å². The van der Waals surface area contributed by atoms with Gasteiger partial charge in [0.1, 0.15) is 11.6 Å². The van der Waals surface area contributed by atoms with Crippen LogP contribution in [0.3, 0.4) is 0 Å². The lowest BCUT2D eigenvalue weighted by Gasteiger charge is -2.20. The summed E-state index contributed by atoms with van der Waals surface area (Å²) in [5.74, 6) is 0.140. The first-order valence-electron chi connectivity index (χ1n) is 6.61. The third kappa shape index (κ3) is 2.05. The molecule has 0 aromatic carbocycles. The van der Waals surface area contributed by atoms with Crippen LogP contribution in [0, 0.1) is 0 Å². The topological polar surface area (TPSA) is 74.8 Å². The van der Waals surface area contributed by atoms with Crippen LogP contribution in [0.25, 0.3) is 5.52 Å². The first kappa shape index (κ1) is 12.0. The maximum atomic E-state index is 11.3. The number of pyridine rings is 1. The minimum absolute atomic E-state index is 0.0245. The number of carboxylic acid groups (broad SMARTS) is 1. The van der Waals surface area contributed by atoms with E-state index in [1.165, 1.54) is 25.3 Å². The van der Waals surface area contributed by atoms with Crippen LogP contribution in [-0.4, -0.2) is 25.6 Å². The molecule has 2 N–H and O–H groups in total. The Kier molecular flexibility index (Phi) is 2.89. The van der Waals surface area contributed by atoms with E-state index in [1.54, 1.807) is 16.7 Å². The van der Waals surface area contributed by atoms with Crippen molar-refractivity contribution in [1.82, 2.24) is 9.38 Å². The van der Waals surface area contributed by atoms with Gasteiger partial charge >= 0.3 is 5.97 Å². The highest BCUT2D eigenvalue weighted by molar-refractivity contribution is 5.94. The lowest BCUT2D eigenvalue weighted by molar-refractivity contribution is 0.0693. The molecule has 100 valence electrons. The third-order valence-corrected chi connectivity index (χ3v) is 3.83. The number of fused-ring (bicyclic) bond motifs is 1. The maximum absolute atomic E-state index is 11.3. The third-order valence-electron chi connectivity index (χ3n) is 3.83. The molecule has 0 aliphatic heterocycles. The van der Waals surface area contributed by atoms with E-state index in [9.17, 15) is 15.0 Å². The van der Waals surface area contributed by atoms with Gasteiger partial charge in [-0.15, -0.1) is 0 Å². The van der Waals surface area contributed by atoms with Crippen LogP contribution in [-0.2, 0) is 0 Å². The van der Waals surface area contributed by atoms with Crippen molar-refractivity contribution in [2.75, 3.05) is 0 Å². The standard InChI is InChI=1S/C14H16N2O3/c17-10-6-7-16-11(8-10)12(14(18)19)15-13(16)9-4-2-1-3-5-9/h6-9,17H,1-5H2,(H,18,19). The molecule has 1 aliphatic rings. The Hall–Kier alpha value is -2.04. The number of hydrogen-bond acceptors (Lipinski definition) is 3. The first-order chi connectivity index (χ1) is 9.16. The number of rotatable bonds is 2. The second-order valence-electron chi connectivity index (χ2n) is 5.10. The van der Waals surface area contributed by atoms with Gasteiger partial charge in [-0.05, 0) is 18.9 Å². The SMILES string of the molecule is O=C(O)c1nc(C2CCCCC2)n2ccc(O)cc12. The van der Waals surface area contributed by atoms with Crippen LogP contribution in [0.2, 0.25) is 0 Å². The second-order valence-corrected chi connectivity index (χ2v) is 5.10.